The standard InChI is InChI=1S/C13H17N3O4/c1-9-2-3-10(6-9)8-14-12-5-4-11(15(17)18)7-13(12)16(19)20/h4-5,7,9-10,14H,2-3,6,8H2,1H3. The van der Waals surface area contributed by atoms with Gasteiger partial charge in [-0.2, -0.15) is 0 Å². The Morgan fingerprint density at radius 2 is 2.00 bits per heavy atom. The van der Waals surface area contributed by atoms with Crippen LogP contribution in [0.1, 0.15) is 26.2 Å². The summed E-state index contributed by atoms with van der Waals surface area (Å²) in [5.74, 6) is 1.22. The maximum absolute atomic E-state index is 11.0. The van der Waals surface area contributed by atoms with Crippen molar-refractivity contribution in [1.82, 2.24) is 0 Å². The average Bonchev–Trinajstić information content (AvgIpc) is 2.81. The fourth-order valence-electron chi connectivity index (χ4n) is 2.70. The highest BCUT2D eigenvalue weighted by molar-refractivity contribution is 5.65. The van der Waals surface area contributed by atoms with Gasteiger partial charge in [0.2, 0.25) is 0 Å². The molecule has 0 aromatic heterocycles. The van der Waals surface area contributed by atoms with Crippen LogP contribution in [0.5, 0.6) is 0 Å². The van der Waals surface area contributed by atoms with Gasteiger partial charge in [-0.25, -0.2) is 0 Å². The Bertz CT molecular complexity index is 532. The number of nitrogens with zero attached hydrogens (tertiary/aromatic N) is 2. The number of hydrogen-bond acceptors (Lipinski definition) is 5. The number of rotatable bonds is 5. The van der Waals surface area contributed by atoms with Gasteiger partial charge in [0.05, 0.1) is 15.9 Å². The number of hydrogen-bond donors (Lipinski definition) is 1. The second-order valence-corrected chi connectivity index (χ2v) is 5.38. The number of anilines is 1. The van der Waals surface area contributed by atoms with Crippen LogP contribution in [0, 0.1) is 32.1 Å². The van der Waals surface area contributed by atoms with Crippen LogP contribution in [0.2, 0.25) is 0 Å². The van der Waals surface area contributed by atoms with Gasteiger partial charge in [-0.3, -0.25) is 20.2 Å². The van der Waals surface area contributed by atoms with Gasteiger partial charge in [0.25, 0.3) is 11.4 Å². The normalized spacial score (nSPS) is 21.6. The predicted octanol–water partition coefficient (Wildman–Crippen LogP) is 3.35. The van der Waals surface area contributed by atoms with E-state index in [0.29, 0.717) is 24.1 Å². The summed E-state index contributed by atoms with van der Waals surface area (Å²) in [5.41, 5.74) is -0.165. The molecule has 1 aromatic rings. The van der Waals surface area contributed by atoms with E-state index in [1.807, 2.05) is 0 Å². The van der Waals surface area contributed by atoms with Crippen molar-refractivity contribution in [3.63, 3.8) is 0 Å². The van der Waals surface area contributed by atoms with Crippen molar-refractivity contribution in [2.24, 2.45) is 11.8 Å². The molecule has 2 atom stereocenters. The summed E-state index contributed by atoms with van der Waals surface area (Å²) in [4.78, 5) is 20.4. The van der Waals surface area contributed by atoms with Crippen molar-refractivity contribution in [2.75, 3.05) is 11.9 Å². The Morgan fingerprint density at radius 1 is 1.25 bits per heavy atom. The molecule has 0 amide bonds. The quantitative estimate of drug-likeness (QED) is 0.658. The molecule has 1 N–H and O–H groups in total. The lowest BCUT2D eigenvalue weighted by Crippen LogP contribution is -2.12. The molecule has 2 unspecified atom stereocenters. The van der Waals surface area contributed by atoms with E-state index >= 15 is 0 Å². The van der Waals surface area contributed by atoms with Gasteiger partial charge in [0, 0.05) is 12.6 Å². The summed E-state index contributed by atoms with van der Waals surface area (Å²) in [6.07, 6.45) is 3.43. The van der Waals surface area contributed by atoms with Gasteiger partial charge in [0.15, 0.2) is 0 Å². The lowest BCUT2D eigenvalue weighted by Gasteiger charge is -2.12. The van der Waals surface area contributed by atoms with Crippen LogP contribution in [0.4, 0.5) is 17.1 Å². The van der Waals surface area contributed by atoms with Crippen LogP contribution >= 0.6 is 0 Å². The van der Waals surface area contributed by atoms with Gasteiger partial charge in [-0.1, -0.05) is 13.3 Å². The van der Waals surface area contributed by atoms with Crippen LogP contribution < -0.4 is 5.32 Å². The number of nitrogens with one attached hydrogen (secondary N) is 1. The van der Waals surface area contributed by atoms with E-state index < -0.39 is 9.85 Å². The summed E-state index contributed by atoms with van der Waals surface area (Å²) in [6, 6.07) is 3.70. The third-order valence-corrected chi connectivity index (χ3v) is 3.77. The number of benzene rings is 1. The highest BCUT2D eigenvalue weighted by Crippen LogP contribution is 2.33. The zero-order valence-corrected chi connectivity index (χ0v) is 11.2. The Hall–Kier alpha value is -2.18. The van der Waals surface area contributed by atoms with E-state index in [0.717, 1.165) is 18.9 Å². The van der Waals surface area contributed by atoms with E-state index in [2.05, 4.69) is 12.2 Å². The molecule has 0 saturated heterocycles. The van der Waals surface area contributed by atoms with E-state index in [4.69, 9.17) is 0 Å². The minimum Gasteiger partial charge on any atom is -0.379 e. The Morgan fingerprint density at radius 3 is 2.55 bits per heavy atom. The zero-order valence-electron chi connectivity index (χ0n) is 11.2. The molecule has 2 rings (SSSR count). The SMILES string of the molecule is CC1CCC(CNc2ccc([N+](=O)[O-])cc2[N+](=O)[O-])C1. The summed E-state index contributed by atoms with van der Waals surface area (Å²) in [6.45, 7) is 2.87. The Kier molecular flexibility index (Phi) is 4.16. The molecule has 1 aliphatic rings. The summed E-state index contributed by atoms with van der Waals surface area (Å²) in [5, 5.41) is 24.7. The van der Waals surface area contributed by atoms with Crippen molar-refractivity contribution in [2.45, 2.75) is 26.2 Å². The van der Waals surface area contributed by atoms with Gasteiger partial charge in [0.1, 0.15) is 5.69 Å². The van der Waals surface area contributed by atoms with Crippen LogP contribution in [0.25, 0.3) is 0 Å². The molecule has 0 radical (unpaired) electrons. The van der Waals surface area contributed by atoms with Crippen molar-refractivity contribution in [3.8, 4) is 0 Å². The summed E-state index contributed by atoms with van der Waals surface area (Å²) < 4.78 is 0. The van der Waals surface area contributed by atoms with Crippen LogP contribution in [-0.4, -0.2) is 16.4 Å². The predicted molar refractivity (Wildman–Crippen MR) is 74.7 cm³/mol. The first-order valence-electron chi connectivity index (χ1n) is 6.64. The van der Waals surface area contributed by atoms with Crippen LogP contribution in [-0.2, 0) is 0 Å². The zero-order chi connectivity index (χ0) is 14.7. The van der Waals surface area contributed by atoms with Crippen molar-refractivity contribution in [1.29, 1.82) is 0 Å². The maximum atomic E-state index is 11.0. The highest BCUT2D eigenvalue weighted by atomic mass is 16.6. The first-order chi connectivity index (χ1) is 9.47. The van der Waals surface area contributed by atoms with E-state index in [1.54, 1.807) is 0 Å². The largest absolute Gasteiger partial charge is 0.379 e. The van der Waals surface area contributed by atoms with Crippen LogP contribution in [0.15, 0.2) is 18.2 Å². The minimum atomic E-state index is -0.630. The van der Waals surface area contributed by atoms with Crippen molar-refractivity contribution < 1.29 is 9.85 Å². The topological polar surface area (TPSA) is 98.3 Å². The lowest BCUT2D eigenvalue weighted by atomic mass is 10.1. The molecule has 0 aliphatic heterocycles. The second kappa shape index (κ2) is 5.85. The van der Waals surface area contributed by atoms with Crippen molar-refractivity contribution in [3.05, 3.63) is 38.4 Å². The minimum absolute atomic E-state index is 0.245. The number of nitro benzene ring substituents is 2. The van der Waals surface area contributed by atoms with Gasteiger partial charge in [-0.05, 0) is 30.7 Å². The molecule has 7 nitrogen and oxygen atoms in total. The molecule has 1 saturated carbocycles. The Labute approximate surface area is 116 Å². The Balaban J connectivity index is 2.10. The van der Waals surface area contributed by atoms with E-state index in [-0.39, 0.29) is 11.4 Å². The van der Waals surface area contributed by atoms with Crippen LogP contribution in [0.3, 0.4) is 0 Å². The molecule has 20 heavy (non-hydrogen) atoms. The number of non-ortho nitro benzene ring substituents is 1. The number of nitro groups is 2. The summed E-state index contributed by atoms with van der Waals surface area (Å²) in [7, 11) is 0. The molecule has 0 spiro atoms. The molecular weight excluding hydrogens is 262 g/mol. The monoisotopic (exact) mass is 279 g/mol. The highest BCUT2D eigenvalue weighted by Gasteiger charge is 2.23. The van der Waals surface area contributed by atoms with Crippen molar-refractivity contribution >= 4 is 17.1 Å². The molecular formula is C13H17N3O4. The fraction of sp³-hybridized carbons (Fsp3) is 0.538. The van der Waals surface area contributed by atoms with E-state index in [9.17, 15) is 20.2 Å². The first kappa shape index (κ1) is 14.2. The smallest absolute Gasteiger partial charge is 0.299 e. The van der Waals surface area contributed by atoms with E-state index in [1.165, 1.54) is 18.6 Å². The maximum Gasteiger partial charge on any atom is 0.299 e. The molecule has 108 valence electrons. The fourth-order valence-corrected chi connectivity index (χ4v) is 2.70. The second-order valence-electron chi connectivity index (χ2n) is 5.38. The average molecular weight is 279 g/mol. The molecule has 0 heterocycles. The first-order valence-corrected chi connectivity index (χ1v) is 6.64. The third kappa shape index (κ3) is 3.23. The molecule has 7 heteroatoms. The molecule has 1 aromatic carbocycles. The van der Waals surface area contributed by atoms with Gasteiger partial charge < -0.3 is 5.32 Å². The lowest BCUT2D eigenvalue weighted by molar-refractivity contribution is -0.393. The molecule has 1 fully saturated rings. The van der Waals surface area contributed by atoms with Gasteiger partial charge >= 0.3 is 0 Å². The third-order valence-electron chi connectivity index (χ3n) is 3.77. The van der Waals surface area contributed by atoms with Gasteiger partial charge in [-0.15, -0.1) is 0 Å². The summed E-state index contributed by atoms with van der Waals surface area (Å²) >= 11 is 0. The molecule has 0 bridgehead atoms. The molecule has 1 aliphatic carbocycles.